The molecule has 1 aromatic carbocycles. The van der Waals surface area contributed by atoms with Crippen LogP contribution in [-0.4, -0.2) is 16.9 Å². The molecule has 0 N–H and O–H groups in total. The molecule has 1 heterocycles. The summed E-state index contributed by atoms with van der Waals surface area (Å²) < 4.78 is 13.0. The summed E-state index contributed by atoms with van der Waals surface area (Å²) in [6.07, 6.45) is 3.61. The second-order valence-electron chi connectivity index (χ2n) is 4.16. The molecule has 2 nitrogen and oxygen atoms in total. The quantitative estimate of drug-likeness (QED) is 0.803. The molecule has 0 amide bonds. The van der Waals surface area contributed by atoms with Gasteiger partial charge in [-0.3, -0.25) is 9.88 Å². The van der Waals surface area contributed by atoms with Crippen LogP contribution in [0.4, 0.5) is 4.39 Å². The fourth-order valence-electron chi connectivity index (χ4n) is 1.81. The first-order chi connectivity index (χ1) is 8.24. The Morgan fingerprint density at radius 1 is 1.12 bits per heavy atom. The van der Waals surface area contributed by atoms with E-state index in [9.17, 15) is 4.39 Å². The Morgan fingerprint density at radius 3 is 2.59 bits per heavy atom. The Labute approximate surface area is 101 Å². The molecule has 88 valence electrons. The minimum atomic E-state index is -0.183. The Kier molecular flexibility index (Phi) is 3.83. The lowest BCUT2D eigenvalue weighted by molar-refractivity contribution is 0.318. The van der Waals surface area contributed by atoms with E-state index < -0.39 is 0 Å². The van der Waals surface area contributed by atoms with Crippen molar-refractivity contribution in [3.8, 4) is 0 Å². The molecule has 0 saturated carbocycles. The zero-order valence-corrected chi connectivity index (χ0v) is 9.81. The highest BCUT2D eigenvalue weighted by Crippen LogP contribution is 2.08. The van der Waals surface area contributed by atoms with E-state index in [1.807, 2.05) is 31.4 Å². The molecule has 0 aliphatic rings. The topological polar surface area (TPSA) is 16.1 Å². The van der Waals surface area contributed by atoms with Crippen molar-refractivity contribution >= 4 is 0 Å². The van der Waals surface area contributed by atoms with Gasteiger partial charge in [0, 0.05) is 25.5 Å². The molecule has 2 rings (SSSR count). The van der Waals surface area contributed by atoms with Crippen molar-refractivity contribution in [1.82, 2.24) is 9.88 Å². The lowest BCUT2D eigenvalue weighted by Gasteiger charge is -2.16. The molecule has 0 bridgehead atoms. The molecule has 0 unspecified atom stereocenters. The Balaban J connectivity index is 1.96. The van der Waals surface area contributed by atoms with Gasteiger partial charge >= 0.3 is 0 Å². The number of hydrogen-bond acceptors (Lipinski definition) is 2. The summed E-state index contributed by atoms with van der Waals surface area (Å²) in [6, 6.07) is 10.7. The fraction of sp³-hybridized carbons (Fsp3) is 0.214. The van der Waals surface area contributed by atoms with Crippen LogP contribution in [0, 0.1) is 5.82 Å². The van der Waals surface area contributed by atoms with Crippen molar-refractivity contribution < 1.29 is 4.39 Å². The van der Waals surface area contributed by atoms with Crippen LogP contribution in [-0.2, 0) is 13.1 Å². The second kappa shape index (κ2) is 5.55. The monoisotopic (exact) mass is 230 g/mol. The van der Waals surface area contributed by atoms with Gasteiger partial charge in [-0.2, -0.15) is 0 Å². The lowest BCUT2D eigenvalue weighted by Crippen LogP contribution is -2.17. The van der Waals surface area contributed by atoms with E-state index in [1.54, 1.807) is 18.3 Å². The Hall–Kier alpha value is -1.74. The summed E-state index contributed by atoms with van der Waals surface area (Å²) in [7, 11) is 2.01. The van der Waals surface area contributed by atoms with Crippen LogP contribution in [0.3, 0.4) is 0 Å². The van der Waals surface area contributed by atoms with Gasteiger partial charge in [-0.1, -0.05) is 18.2 Å². The molecular weight excluding hydrogens is 215 g/mol. The van der Waals surface area contributed by atoms with E-state index >= 15 is 0 Å². The molecule has 0 atom stereocenters. The van der Waals surface area contributed by atoms with Crippen LogP contribution in [0.5, 0.6) is 0 Å². The van der Waals surface area contributed by atoms with Crippen LogP contribution >= 0.6 is 0 Å². The van der Waals surface area contributed by atoms with Crippen LogP contribution in [0.25, 0.3) is 0 Å². The van der Waals surface area contributed by atoms with Gasteiger partial charge in [0.1, 0.15) is 5.82 Å². The summed E-state index contributed by atoms with van der Waals surface area (Å²) in [6.45, 7) is 1.54. The highest BCUT2D eigenvalue weighted by molar-refractivity contribution is 5.16. The second-order valence-corrected chi connectivity index (χ2v) is 4.16. The largest absolute Gasteiger partial charge is 0.298 e. The molecule has 1 aromatic heterocycles. The zero-order chi connectivity index (χ0) is 12.1. The van der Waals surface area contributed by atoms with Crippen molar-refractivity contribution in [1.29, 1.82) is 0 Å². The van der Waals surface area contributed by atoms with Crippen LogP contribution in [0.2, 0.25) is 0 Å². The number of hydrogen-bond donors (Lipinski definition) is 0. The van der Waals surface area contributed by atoms with Gasteiger partial charge in [0.2, 0.25) is 0 Å². The first kappa shape index (κ1) is 11.7. The minimum absolute atomic E-state index is 0.183. The summed E-state index contributed by atoms with van der Waals surface area (Å²) in [5.74, 6) is -0.183. The molecule has 3 heteroatoms. The van der Waals surface area contributed by atoms with E-state index in [2.05, 4.69) is 9.88 Å². The van der Waals surface area contributed by atoms with E-state index in [1.165, 1.54) is 6.07 Å². The van der Waals surface area contributed by atoms with Gasteiger partial charge in [-0.05, 0) is 36.4 Å². The van der Waals surface area contributed by atoms with Gasteiger partial charge in [0.25, 0.3) is 0 Å². The number of aromatic nitrogens is 1. The van der Waals surface area contributed by atoms with Gasteiger partial charge in [-0.15, -0.1) is 0 Å². The molecule has 17 heavy (non-hydrogen) atoms. The minimum Gasteiger partial charge on any atom is -0.298 e. The maximum absolute atomic E-state index is 13.0. The number of nitrogens with zero attached hydrogens (tertiary/aromatic N) is 2. The van der Waals surface area contributed by atoms with E-state index in [0.717, 1.165) is 24.2 Å². The van der Waals surface area contributed by atoms with Crippen molar-refractivity contribution in [2.45, 2.75) is 13.1 Å². The molecular formula is C14H15FN2. The average Bonchev–Trinajstić information content (AvgIpc) is 2.30. The van der Waals surface area contributed by atoms with E-state index in [4.69, 9.17) is 0 Å². The highest BCUT2D eigenvalue weighted by Gasteiger charge is 2.02. The maximum Gasteiger partial charge on any atom is 0.123 e. The normalized spacial score (nSPS) is 10.8. The summed E-state index contributed by atoms with van der Waals surface area (Å²) in [5.41, 5.74) is 2.14. The molecule has 2 aromatic rings. The van der Waals surface area contributed by atoms with Gasteiger partial charge in [-0.25, -0.2) is 4.39 Å². The first-order valence-corrected chi connectivity index (χ1v) is 5.56. The molecule has 0 aliphatic heterocycles. The molecule has 0 fully saturated rings. The SMILES string of the molecule is CN(Cc1cccnc1)Cc1cccc(F)c1. The van der Waals surface area contributed by atoms with Crippen molar-refractivity contribution in [3.05, 3.63) is 65.7 Å². The molecule has 0 radical (unpaired) electrons. The third-order valence-corrected chi connectivity index (χ3v) is 2.52. The van der Waals surface area contributed by atoms with Gasteiger partial charge < -0.3 is 0 Å². The lowest BCUT2D eigenvalue weighted by atomic mass is 10.2. The highest BCUT2D eigenvalue weighted by atomic mass is 19.1. The number of halogens is 1. The molecule has 0 saturated heterocycles. The van der Waals surface area contributed by atoms with Crippen LogP contribution < -0.4 is 0 Å². The zero-order valence-electron chi connectivity index (χ0n) is 9.81. The van der Waals surface area contributed by atoms with Crippen LogP contribution in [0.1, 0.15) is 11.1 Å². The standard InChI is InChI=1S/C14H15FN2/c1-17(11-13-5-3-7-16-9-13)10-12-4-2-6-14(15)8-12/h2-9H,10-11H2,1H3. The average molecular weight is 230 g/mol. The maximum atomic E-state index is 13.0. The van der Waals surface area contributed by atoms with Crippen molar-refractivity contribution in [2.75, 3.05) is 7.05 Å². The molecule has 0 aliphatic carbocycles. The third kappa shape index (κ3) is 3.64. The smallest absolute Gasteiger partial charge is 0.123 e. The van der Waals surface area contributed by atoms with Gasteiger partial charge in [0.05, 0.1) is 0 Å². The number of rotatable bonds is 4. The summed E-state index contributed by atoms with van der Waals surface area (Å²) >= 11 is 0. The Morgan fingerprint density at radius 2 is 1.88 bits per heavy atom. The van der Waals surface area contributed by atoms with Crippen molar-refractivity contribution in [2.24, 2.45) is 0 Å². The van der Waals surface area contributed by atoms with Crippen molar-refractivity contribution in [3.63, 3.8) is 0 Å². The number of pyridine rings is 1. The first-order valence-electron chi connectivity index (χ1n) is 5.56. The third-order valence-electron chi connectivity index (χ3n) is 2.52. The summed E-state index contributed by atoms with van der Waals surface area (Å²) in [4.78, 5) is 6.20. The van der Waals surface area contributed by atoms with Gasteiger partial charge in [0.15, 0.2) is 0 Å². The predicted octanol–water partition coefficient (Wildman–Crippen LogP) is 2.85. The molecule has 0 spiro atoms. The fourth-order valence-corrected chi connectivity index (χ4v) is 1.81. The number of benzene rings is 1. The van der Waals surface area contributed by atoms with Crippen LogP contribution in [0.15, 0.2) is 48.8 Å². The van der Waals surface area contributed by atoms with E-state index in [0.29, 0.717) is 0 Å². The summed E-state index contributed by atoms with van der Waals surface area (Å²) in [5, 5.41) is 0. The predicted molar refractivity (Wildman–Crippen MR) is 65.8 cm³/mol. The van der Waals surface area contributed by atoms with E-state index in [-0.39, 0.29) is 5.82 Å². The Bertz CT molecular complexity index is 471.